The maximum absolute atomic E-state index is 5.55. The molecule has 3 rings (SSSR count). The minimum atomic E-state index is 0.840. The van der Waals surface area contributed by atoms with Gasteiger partial charge in [0.25, 0.3) is 0 Å². The van der Waals surface area contributed by atoms with Gasteiger partial charge in [-0.3, -0.25) is 0 Å². The van der Waals surface area contributed by atoms with Gasteiger partial charge in [0, 0.05) is 18.5 Å². The summed E-state index contributed by atoms with van der Waals surface area (Å²) in [5.41, 5.74) is 2.54. The number of hydrogen-bond donors (Lipinski definition) is 1. The second-order valence-corrected chi connectivity index (χ2v) is 3.89. The monoisotopic (exact) mass is 182 g/mol. The van der Waals surface area contributed by atoms with E-state index in [4.69, 9.17) is 4.74 Å². The van der Waals surface area contributed by atoms with Crippen molar-refractivity contribution in [2.24, 2.45) is 0 Å². The predicted octanol–water partition coefficient (Wildman–Crippen LogP) is 1.37. The lowest BCUT2D eigenvalue weighted by Crippen LogP contribution is -2.38. The first-order valence-corrected chi connectivity index (χ1v) is 5.06. The van der Waals surface area contributed by atoms with Gasteiger partial charge in [0.2, 0.25) is 0 Å². The van der Waals surface area contributed by atoms with E-state index in [-0.39, 0.29) is 0 Å². The normalized spacial score (nSPS) is 19.5. The Kier molecular flexibility index (Phi) is 1.26. The molecule has 3 nitrogen and oxygen atoms in total. The van der Waals surface area contributed by atoms with Crippen LogP contribution in [-0.4, -0.2) is 26.2 Å². The highest BCUT2D eigenvalue weighted by molar-refractivity contribution is 7.13. The van der Waals surface area contributed by atoms with Crippen LogP contribution in [0.4, 0.5) is 11.4 Å². The van der Waals surface area contributed by atoms with E-state index in [2.05, 4.69) is 15.6 Å². The number of anilines is 2. The maximum atomic E-state index is 5.55. The van der Waals surface area contributed by atoms with Crippen molar-refractivity contribution in [2.75, 3.05) is 36.5 Å². The number of ether oxygens (including phenoxy) is 1. The molecule has 0 unspecified atom stereocenters. The number of thiophene rings is 1. The fourth-order valence-electron chi connectivity index (χ4n) is 1.77. The highest BCUT2D eigenvalue weighted by Crippen LogP contribution is 2.45. The lowest BCUT2D eigenvalue weighted by molar-refractivity contribution is 0.317. The lowest BCUT2D eigenvalue weighted by Gasteiger charge is -2.33. The molecule has 1 N–H and O–H groups in total. The Balaban J connectivity index is 2.16. The van der Waals surface area contributed by atoms with Gasteiger partial charge in [0.15, 0.2) is 5.06 Å². The molecular weight excluding hydrogens is 172 g/mol. The van der Waals surface area contributed by atoms with Crippen molar-refractivity contribution in [1.82, 2.24) is 0 Å². The third-order valence-electron chi connectivity index (χ3n) is 2.34. The van der Waals surface area contributed by atoms with E-state index in [1.54, 1.807) is 11.3 Å². The van der Waals surface area contributed by atoms with Crippen LogP contribution in [0.25, 0.3) is 0 Å². The molecule has 1 aromatic rings. The van der Waals surface area contributed by atoms with Crippen LogP contribution in [0.1, 0.15) is 0 Å². The zero-order valence-electron chi connectivity index (χ0n) is 6.67. The number of hydrogen-bond acceptors (Lipinski definition) is 4. The SMILES string of the molecule is c1sc2c3c1NCCN3CCO2. The van der Waals surface area contributed by atoms with Crippen molar-refractivity contribution in [3.8, 4) is 5.06 Å². The van der Waals surface area contributed by atoms with Crippen molar-refractivity contribution in [3.05, 3.63) is 5.38 Å². The average Bonchev–Trinajstić information content (AvgIpc) is 2.52. The van der Waals surface area contributed by atoms with Crippen LogP contribution in [0.3, 0.4) is 0 Å². The largest absolute Gasteiger partial charge is 0.480 e. The first-order valence-electron chi connectivity index (χ1n) is 4.18. The highest BCUT2D eigenvalue weighted by Gasteiger charge is 2.26. The van der Waals surface area contributed by atoms with E-state index in [0.717, 1.165) is 31.3 Å². The second-order valence-electron chi connectivity index (χ2n) is 3.05. The quantitative estimate of drug-likeness (QED) is 0.656. The zero-order chi connectivity index (χ0) is 7.97. The van der Waals surface area contributed by atoms with Crippen molar-refractivity contribution in [2.45, 2.75) is 0 Å². The van der Waals surface area contributed by atoms with Crippen LogP contribution >= 0.6 is 11.3 Å². The molecule has 0 aliphatic carbocycles. The molecule has 2 aliphatic rings. The molecule has 1 aromatic heterocycles. The van der Waals surface area contributed by atoms with E-state index >= 15 is 0 Å². The molecule has 4 heteroatoms. The standard InChI is InChI=1S/C8H10N2OS/c1-2-10-3-4-11-8-7(10)6(9-1)5-12-8/h5,9H,1-4H2. The summed E-state index contributed by atoms with van der Waals surface area (Å²) >= 11 is 1.69. The molecule has 0 bridgehead atoms. The summed E-state index contributed by atoms with van der Waals surface area (Å²) in [6.07, 6.45) is 0. The van der Waals surface area contributed by atoms with Gasteiger partial charge in [-0.05, 0) is 0 Å². The summed E-state index contributed by atoms with van der Waals surface area (Å²) in [6, 6.07) is 0. The summed E-state index contributed by atoms with van der Waals surface area (Å²) in [5.74, 6) is 0. The van der Waals surface area contributed by atoms with Crippen molar-refractivity contribution in [1.29, 1.82) is 0 Å². The van der Waals surface area contributed by atoms with Crippen LogP contribution in [0.15, 0.2) is 5.38 Å². The average molecular weight is 182 g/mol. The molecule has 0 amide bonds. The van der Waals surface area contributed by atoms with Crippen molar-refractivity contribution < 1.29 is 4.74 Å². The van der Waals surface area contributed by atoms with Crippen molar-refractivity contribution in [3.63, 3.8) is 0 Å². The topological polar surface area (TPSA) is 24.5 Å². The number of rotatable bonds is 0. The lowest BCUT2D eigenvalue weighted by atomic mass is 10.2. The van der Waals surface area contributed by atoms with Crippen LogP contribution in [0.5, 0.6) is 5.06 Å². The third-order valence-corrected chi connectivity index (χ3v) is 3.22. The van der Waals surface area contributed by atoms with Gasteiger partial charge in [-0.25, -0.2) is 0 Å². The molecule has 3 heterocycles. The third kappa shape index (κ3) is 0.756. The summed E-state index contributed by atoms with van der Waals surface area (Å²) in [7, 11) is 0. The minimum absolute atomic E-state index is 0.840. The molecule has 0 radical (unpaired) electrons. The Morgan fingerprint density at radius 2 is 2.50 bits per heavy atom. The molecule has 0 saturated carbocycles. The van der Waals surface area contributed by atoms with E-state index < -0.39 is 0 Å². The highest BCUT2D eigenvalue weighted by atomic mass is 32.1. The zero-order valence-corrected chi connectivity index (χ0v) is 7.49. The Bertz CT molecular complexity index is 283. The molecule has 0 aromatic carbocycles. The number of nitrogens with zero attached hydrogens (tertiary/aromatic N) is 1. The van der Waals surface area contributed by atoms with Gasteiger partial charge in [-0.1, -0.05) is 0 Å². The molecule has 64 valence electrons. The summed E-state index contributed by atoms with van der Waals surface area (Å²) in [4.78, 5) is 2.40. The Morgan fingerprint density at radius 1 is 1.50 bits per heavy atom. The summed E-state index contributed by atoms with van der Waals surface area (Å²) in [6.45, 7) is 4.05. The van der Waals surface area contributed by atoms with Gasteiger partial charge < -0.3 is 15.0 Å². The smallest absolute Gasteiger partial charge is 0.200 e. The van der Waals surface area contributed by atoms with Crippen LogP contribution in [0.2, 0.25) is 0 Å². The van der Waals surface area contributed by atoms with Gasteiger partial charge in [-0.2, -0.15) is 0 Å². The van der Waals surface area contributed by atoms with E-state index in [1.165, 1.54) is 11.4 Å². The first kappa shape index (κ1) is 6.60. The molecule has 2 aliphatic heterocycles. The second kappa shape index (κ2) is 2.29. The van der Waals surface area contributed by atoms with Gasteiger partial charge in [0.1, 0.15) is 12.3 Å². The first-order chi connectivity index (χ1) is 5.95. The van der Waals surface area contributed by atoms with E-state index in [0.29, 0.717) is 0 Å². The molecule has 0 fully saturated rings. The van der Waals surface area contributed by atoms with Crippen molar-refractivity contribution >= 4 is 22.7 Å². The molecule has 12 heavy (non-hydrogen) atoms. The van der Waals surface area contributed by atoms with Crippen LogP contribution < -0.4 is 15.0 Å². The molecule has 0 atom stereocenters. The Hall–Kier alpha value is -0.900. The summed E-state index contributed by atoms with van der Waals surface area (Å²) in [5, 5.41) is 6.60. The van der Waals surface area contributed by atoms with E-state index in [1.807, 2.05) is 0 Å². The number of nitrogens with one attached hydrogen (secondary N) is 1. The fraction of sp³-hybridized carbons (Fsp3) is 0.500. The summed E-state index contributed by atoms with van der Waals surface area (Å²) < 4.78 is 5.55. The van der Waals surface area contributed by atoms with Gasteiger partial charge >= 0.3 is 0 Å². The maximum Gasteiger partial charge on any atom is 0.200 e. The predicted molar refractivity (Wildman–Crippen MR) is 50.5 cm³/mol. The van der Waals surface area contributed by atoms with Gasteiger partial charge in [-0.15, -0.1) is 11.3 Å². The van der Waals surface area contributed by atoms with Gasteiger partial charge in [0.05, 0.1) is 12.2 Å². The van der Waals surface area contributed by atoms with Crippen LogP contribution in [0, 0.1) is 0 Å². The van der Waals surface area contributed by atoms with Crippen LogP contribution in [-0.2, 0) is 0 Å². The van der Waals surface area contributed by atoms with E-state index in [9.17, 15) is 0 Å². The fourth-order valence-corrected chi connectivity index (χ4v) is 2.69. The molecular formula is C8H10N2OS. The molecule has 0 spiro atoms. The minimum Gasteiger partial charge on any atom is -0.480 e. The Morgan fingerprint density at radius 3 is 3.50 bits per heavy atom. The Labute approximate surface area is 74.9 Å². The molecule has 0 saturated heterocycles.